The highest BCUT2D eigenvalue weighted by Crippen LogP contribution is 2.23. The van der Waals surface area contributed by atoms with Crippen LogP contribution in [0, 0.1) is 0 Å². The molecule has 0 aliphatic rings. The lowest BCUT2D eigenvalue weighted by Gasteiger charge is -2.04. The molecule has 11 heteroatoms. The van der Waals surface area contributed by atoms with E-state index in [9.17, 15) is 18.0 Å². The number of hydrogen-bond acceptors (Lipinski definition) is 6. The number of rotatable bonds is 4. The van der Waals surface area contributed by atoms with Crippen LogP contribution in [-0.4, -0.2) is 24.2 Å². The molecule has 136 valence electrons. The predicted octanol–water partition coefficient (Wildman–Crippen LogP) is 2.14. The van der Waals surface area contributed by atoms with Crippen LogP contribution in [-0.2, 0) is 10.0 Å². The molecule has 0 aliphatic carbocycles. The summed E-state index contributed by atoms with van der Waals surface area (Å²) in [6.07, 6.45) is 0. The number of halogens is 2. The van der Waals surface area contributed by atoms with Crippen LogP contribution in [0.15, 0.2) is 61.5 Å². The van der Waals surface area contributed by atoms with Crippen molar-refractivity contribution in [2.45, 2.75) is 4.90 Å². The molecule has 0 aliphatic heterocycles. The van der Waals surface area contributed by atoms with Crippen LogP contribution < -0.4 is 16.2 Å². The number of benzene rings is 2. The van der Waals surface area contributed by atoms with Gasteiger partial charge in [0.15, 0.2) is 0 Å². The monoisotopic (exact) mass is 416 g/mol. The summed E-state index contributed by atoms with van der Waals surface area (Å²) in [7, 11) is -3.00. The predicted molar refractivity (Wildman–Crippen MR) is 94.2 cm³/mol. The molecule has 3 aromatic rings. The first-order chi connectivity index (χ1) is 12.3. The van der Waals surface area contributed by atoms with Gasteiger partial charge in [0, 0.05) is 0 Å². The third kappa shape index (κ3) is 3.05. The van der Waals surface area contributed by atoms with Gasteiger partial charge in [0.2, 0.25) is 0 Å². The van der Waals surface area contributed by atoms with E-state index in [1.807, 2.05) is 0 Å². The average molecular weight is 417 g/mol. The van der Waals surface area contributed by atoms with Crippen molar-refractivity contribution in [1.82, 2.24) is 8.71 Å². The summed E-state index contributed by atoms with van der Waals surface area (Å²) < 4.78 is 35.4. The molecule has 0 spiro atoms. The van der Waals surface area contributed by atoms with Gasteiger partial charge in [-0.25, -0.2) is 9.59 Å². The van der Waals surface area contributed by atoms with Gasteiger partial charge in [-0.15, -0.1) is 0 Å². The van der Waals surface area contributed by atoms with Gasteiger partial charge in [-0.2, -0.15) is 13.0 Å². The van der Waals surface area contributed by atoms with Crippen molar-refractivity contribution in [3.8, 4) is 11.4 Å². The fourth-order valence-corrected chi connectivity index (χ4v) is 3.56. The molecule has 0 radical (unpaired) electrons. The fraction of sp³-hybridized carbons (Fsp3) is 0.0667. The van der Waals surface area contributed by atoms with Crippen LogP contribution >= 0.6 is 23.2 Å². The molecular formula is C15H10Cl2N2O6S. The molecule has 1 aromatic heterocycles. The van der Waals surface area contributed by atoms with Crippen molar-refractivity contribution in [3.05, 3.63) is 73.5 Å². The summed E-state index contributed by atoms with van der Waals surface area (Å²) in [6.45, 7) is 0. The second-order valence-electron chi connectivity index (χ2n) is 4.98. The minimum atomic E-state index is -4.42. The van der Waals surface area contributed by atoms with Gasteiger partial charge in [0.25, 0.3) is 10.0 Å². The Labute approximate surface area is 156 Å². The smallest absolute Gasteiger partial charge is 0.448 e. The van der Waals surface area contributed by atoms with Crippen molar-refractivity contribution in [2.24, 2.45) is 0 Å². The van der Waals surface area contributed by atoms with Gasteiger partial charge in [-0.1, -0.05) is 23.2 Å². The highest BCUT2D eigenvalue weighted by atomic mass is 35.5. The molecule has 0 N–H and O–H groups in total. The van der Waals surface area contributed by atoms with Crippen molar-refractivity contribution >= 4 is 33.2 Å². The zero-order valence-electron chi connectivity index (χ0n) is 13.0. The Hall–Kier alpha value is -2.49. The van der Waals surface area contributed by atoms with E-state index in [0.717, 1.165) is 0 Å². The summed E-state index contributed by atoms with van der Waals surface area (Å²) in [6, 6.07) is 9.16. The van der Waals surface area contributed by atoms with Gasteiger partial charge in [-0.3, -0.25) is 0 Å². The minimum Gasteiger partial charge on any atom is -0.497 e. The molecule has 26 heavy (non-hydrogen) atoms. The highest BCUT2D eigenvalue weighted by molar-refractivity contribution is 7.89. The normalized spacial score (nSPS) is 11.5. The maximum atomic E-state index is 12.6. The first kappa shape index (κ1) is 18.3. The molecule has 0 bridgehead atoms. The van der Waals surface area contributed by atoms with Gasteiger partial charge >= 0.3 is 11.4 Å². The Balaban J connectivity index is 2.16. The largest absolute Gasteiger partial charge is 0.497 e. The molecule has 0 fully saturated rings. The van der Waals surface area contributed by atoms with E-state index < -0.39 is 21.5 Å². The number of nitrogens with zero attached hydrogens (tertiary/aromatic N) is 2. The molecule has 3 rings (SSSR count). The van der Waals surface area contributed by atoms with Crippen LogP contribution in [0.25, 0.3) is 5.69 Å². The number of ether oxygens (including phenoxy) is 1. The van der Waals surface area contributed by atoms with E-state index in [-0.39, 0.29) is 24.8 Å². The van der Waals surface area contributed by atoms with E-state index in [2.05, 4.69) is 4.52 Å². The van der Waals surface area contributed by atoms with Gasteiger partial charge in [0.1, 0.15) is 5.75 Å². The van der Waals surface area contributed by atoms with E-state index in [1.165, 1.54) is 49.6 Å². The zero-order valence-corrected chi connectivity index (χ0v) is 15.4. The molecule has 2 aromatic carbocycles. The Kier molecular flexibility index (Phi) is 4.70. The fourth-order valence-electron chi connectivity index (χ4n) is 2.15. The molecule has 8 nitrogen and oxygen atoms in total. The number of methoxy groups -OCH3 is 1. The quantitative estimate of drug-likeness (QED) is 0.645. The zero-order chi connectivity index (χ0) is 19.1. The third-order valence-corrected chi connectivity index (χ3v) is 5.70. The molecule has 0 atom stereocenters. The summed E-state index contributed by atoms with van der Waals surface area (Å²) in [5.41, 5.74) is -1.19. The molecule has 1 heterocycles. The van der Waals surface area contributed by atoms with Crippen molar-refractivity contribution in [1.29, 1.82) is 0 Å². The number of hydrogen-bond donors (Lipinski definition) is 0. The maximum absolute atomic E-state index is 12.6. The molecular weight excluding hydrogens is 407 g/mol. The Morgan fingerprint density at radius 2 is 1.65 bits per heavy atom. The van der Waals surface area contributed by atoms with E-state index in [4.69, 9.17) is 27.9 Å². The van der Waals surface area contributed by atoms with E-state index in [0.29, 0.717) is 10.3 Å². The Bertz CT molecular complexity index is 1190. The lowest BCUT2D eigenvalue weighted by Crippen LogP contribution is -2.30. The van der Waals surface area contributed by atoms with E-state index >= 15 is 0 Å². The first-order valence-corrected chi connectivity index (χ1v) is 9.16. The van der Waals surface area contributed by atoms with Crippen molar-refractivity contribution < 1.29 is 17.7 Å². The molecule has 0 unspecified atom stereocenters. The second-order valence-corrected chi connectivity index (χ2v) is 7.55. The molecule has 0 saturated heterocycles. The second kappa shape index (κ2) is 6.67. The van der Waals surface area contributed by atoms with Crippen LogP contribution in [0.4, 0.5) is 0 Å². The maximum Gasteiger partial charge on any atom is 0.448 e. The Morgan fingerprint density at radius 3 is 2.23 bits per heavy atom. The summed E-state index contributed by atoms with van der Waals surface area (Å²) >= 11 is 11.7. The van der Waals surface area contributed by atoms with Gasteiger partial charge in [-0.05, 0) is 46.6 Å². The van der Waals surface area contributed by atoms with Crippen molar-refractivity contribution in [2.75, 3.05) is 7.11 Å². The standard InChI is InChI=1S/C15H10Cl2N2O6S/c1-24-10-3-5-11(6-4-10)26(22,23)19-14(20)18(15(21)25-19)9-2-7-12(16)13(17)8-9/h2-8H,1H3. The van der Waals surface area contributed by atoms with Crippen LogP contribution in [0.5, 0.6) is 5.75 Å². The molecule has 0 saturated carbocycles. The Morgan fingerprint density at radius 1 is 1.00 bits per heavy atom. The van der Waals surface area contributed by atoms with Crippen molar-refractivity contribution in [3.63, 3.8) is 0 Å². The lowest BCUT2D eigenvalue weighted by atomic mass is 10.3. The van der Waals surface area contributed by atoms with Crippen LogP contribution in [0.3, 0.4) is 0 Å². The van der Waals surface area contributed by atoms with E-state index in [1.54, 1.807) is 0 Å². The first-order valence-electron chi connectivity index (χ1n) is 6.96. The number of aromatic nitrogens is 2. The van der Waals surface area contributed by atoms with Gasteiger partial charge < -0.3 is 9.26 Å². The summed E-state index contributed by atoms with van der Waals surface area (Å²) in [5, 5.41) is 0.291. The third-order valence-electron chi connectivity index (χ3n) is 3.43. The van der Waals surface area contributed by atoms with Crippen LogP contribution in [0.2, 0.25) is 10.0 Å². The SMILES string of the molecule is COc1ccc(S(=O)(=O)n2oc(=O)n(-c3ccc(Cl)c(Cl)c3)c2=O)cc1. The molecule has 0 amide bonds. The topological polar surface area (TPSA) is 101 Å². The van der Waals surface area contributed by atoms with Crippen LogP contribution in [0.1, 0.15) is 0 Å². The van der Waals surface area contributed by atoms with Gasteiger partial charge in [0.05, 0.1) is 27.7 Å². The summed E-state index contributed by atoms with van der Waals surface area (Å²) in [4.78, 5) is 24.3. The summed E-state index contributed by atoms with van der Waals surface area (Å²) in [5.74, 6) is -0.767. The lowest BCUT2D eigenvalue weighted by molar-refractivity contribution is 0.333. The highest BCUT2D eigenvalue weighted by Gasteiger charge is 2.26. The average Bonchev–Trinajstić information content (AvgIpc) is 2.92. The minimum absolute atomic E-state index is 0.0135.